The van der Waals surface area contributed by atoms with Gasteiger partial charge in [-0.1, -0.05) is 0 Å². The molecule has 1 heterocycles. The number of aliphatic hydroxyl groups is 3. The van der Waals surface area contributed by atoms with E-state index in [1.165, 1.54) is 6.92 Å². The summed E-state index contributed by atoms with van der Waals surface area (Å²) in [6, 6.07) is 0. The summed E-state index contributed by atoms with van der Waals surface area (Å²) in [5.74, 6) is -3.81. The Kier molecular flexibility index (Phi) is 2.35. The van der Waals surface area contributed by atoms with Crippen molar-refractivity contribution in [1.29, 1.82) is 0 Å². The van der Waals surface area contributed by atoms with Gasteiger partial charge < -0.3 is 20.1 Å². The Morgan fingerprint density at radius 3 is 2.25 bits per heavy atom. The molecule has 1 fully saturated rings. The molecule has 1 unspecified atom stereocenters. The van der Waals surface area contributed by atoms with Crippen LogP contribution in [-0.2, 0) is 4.74 Å². The SMILES string of the molecule is C[C@@H]1OC(O)C(F)(F)[C@H](O)[C@@H]1O. The van der Waals surface area contributed by atoms with Crippen LogP contribution in [0, 0.1) is 0 Å². The number of alkyl halides is 2. The van der Waals surface area contributed by atoms with Crippen LogP contribution in [0.5, 0.6) is 0 Å². The molecule has 1 aliphatic heterocycles. The van der Waals surface area contributed by atoms with Gasteiger partial charge in [0.25, 0.3) is 0 Å². The van der Waals surface area contributed by atoms with Crippen LogP contribution in [0.15, 0.2) is 0 Å². The van der Waals surface area contributed by atoms with Gasteiger partial charge in [-0.2, -0.15) is 8.78 Å². The van der Waals surface area contributed by atoms with Gasteiger partial charge in [-0.05, 0) is 6.92 Å². The highest BCUT2D eigenvalue weighted by Gasteiger charge is 2.56. The number of rotatable bonds is 0. The lowest BCUT2D eigenvalue weighted by Crippen LogP contribution is -2.60. The Hall–Kier alpha value is -0.300. The average Bonchev–Trinajstić information content (AvgIpc) is 1.99. The molecule has 6 heteroatoms. The summed E-state index contributed by atoms with van der Waals surface area (Å²) in [5, 5.41) is 26.4. The predicted octanol–water partition coefficient (Wildman–Crippen LogP) is -0.919. The molecule has 0 aromatic carbocycles. The third kappa shape index (κ3) is 1.31. The molecule has 0 bridgehead atoms. The third-order valence-electron chi connectivity index (χ3n) is 1.87. The first-order valence-corrected chi connectivity index (χ1v) is 3.45. The van der Waals surface area contributed by atoms with Crippen molar-refractivity contribution in [1.82, 2.24) is 0 Å². The van der Waals surface area contributed by atoms with Gasteiger partial charge in [-0.15, -0.1) is 0 Å². The molecular formula is C6H10F2O4. The molecule has 12 heavy (non-hydrogen) atoms. The second kappa shape index (κ2) is 2.88. The molecule has 0 spiro atoms. The molecule has 4 atom stereocenters. The van der Waals surface area contributed by atoms with Gasteiger partial charge in [0.05, 0.1) is 6.10 Å². The van der Waals surface area contributed by atoms with Gasteiger partial charge in [0.2, 0.25) is 6.29 Å². The van der Waals surface area contributed by atoms with Crippen molar-refractivity contribution >= 4 is 0 Å². The molecule has 0 amide bonds. The largest absolute Gasteiger partial charge is 0.387 e. The van der Waals surface area contributed by atoms with Crippen LogP contribution in [-0.4, -0.2) is 45.8 Å². The number of ether oxygens (including phenoxy) is 1. The van der Waals surface area contributed by atoms with Gasteiger partial charge in [0.1, 0.15) is 6.10 Å². The highest BCUT2D eigenvalue weighted by Crippen LogP contribution is 2.32. The van der Waals surface area contributed by atoms with Crippen LogP contribution in [0.1, 0.15) is 6.92 Å². The first kappa shape index (κ1) is 9.79. The van der Waals surface area contributed by atoms with Crippen LogP contribution in [0.25, 0.3) is 0 Å². The van der Waals surface area contributed by atoms with Crippen LogP contribution in [0.3, 0.4) is 0 Å². The van der Waals surface area contributed by atoms with Crippen molar-refractivity contribution in [3.63, 3.8) is 0 Å². The van der Waals surface area contributed by atoms with E-state index >= 15 is 0 Å². The molecule has 72 valence electrons. The second-order valence-corrected chi connectivity index (χ2v) is 2.80. The summed E-state index contributed by atoms with van der Waals surface area (Å²) < 4.78 is 29.5. The van der Waals surface area contributed by atoms with Crippen molar-refractivity contribution in [2.45, 2.75) is 37.4 Å². The minimum atomic E-state index is -3.81. The standard InChI is InChI=1S/C6H10F2O4/c1-2-3(9)4(10)6(7,8)5(11)12-2/h2-5,9-11H,1H3/t2-,3+,4+,5?/m0/s1. The number of aliphatic hydroxyl groups excluding tert-OH is 3. The van der Waals surface area contributed by atoms with E-state index in [-0.39, 0.29) is 0 Å². The highest BCUT2D eigenvalue weighted by atomic mass is 19.3. The summed E-state index contributed by atoms with van der Waals surface area (Å²) in [6.45, 7) is 1.28. The smallest absolute Gasteiger partial charge is 0.325 e. The number of hydrogen-bond donors (Lipinski definition) is 3. The summed E-state index contributed by atoms with van der Waals surface area (Å²) in [6.07, 6.45) is -7.32. The molecule has 0 aromatic heterocycles. The van der Waals surface area contributed by atoms with E-state index in [0.717, 1.165) is 0 Å². The lowest BCUT2D eigenvalue weighted by atomic mass is 9.99. The first-order valence-electron chi connectivity index (χ1n) is 3.45. The lowest BCUT2D eigenvalue weighted by Gasteiger charge is -2.38. The molecule has 4 nitrogen and oxygen atoms in total. The minimum Gasteiger partial charge on any atom is -0.387 e. The van der Waals surface area contributed by atoms with E-state index in [9.17, 15) is 8.78 Å². The quantitative estimate of drug-likeness (QED) is 0.455. The fraction of sp³-hybridized carbons (Fsp3) is 1.00. The fourth-order valence-electron chi connectivity index (χ4n) is 1.00. The van der Waals surface area contributed by atoms with Crippen molar-refractivity contribution in [2.24, 2.45) is 0 Å². The van der Waals surface area contributed by atoms with E-state index in [2.05, 4.69) is 4.74 Å². The van der Waals surface area contributed by atoms with Crippen LogP contribution in [0.2, 0.25) is 0 Å². The van der Waals surface area contributed by atoms with Crippen LogP contribution < -0.4 is 0 Å². The van der Waals surface area contributed by atoms with Gasteiger partial charge >= 0.3 is 5.92 Å². The van der Waals surface area contributed by atoms with Crippen LogP contribution in [0.4, 0.5) is 8.78 Å². The summed E-state index contributed by atoms with van der Waals surface area (Å²) in [4.78, 5) is 0. The van der Waals surface area contributed by atoms with E-state index in [1.807, 2.05) is 0 Å². The molecule has 0 saturated carbocycles. The molecule has 1 saturated heterocycles. The van der Waals surface area contributed by atoms with E-state index < -0.39 is 30.5 Å². The topological polar surface area (TPSA) is 69.9 Å². The molecule has 0 aromatic rings. The van der Waals surface area contributed by atoms with Gasteiger partial charge in [0, 0.05) is 0 Å². The van der Waals surface area contributed by atoms with E-state index in [0.29, 0.717) is 0 Å². The van der Waals surface area contributed by atoms with Crippen LogP contribution >= 0.6 is 0 Å². The maximum Gasteiger partial charge on any atom is 0.325 e. The summed E-state index contributed by atoms with van der Waals surface area (Å²) in [7, 11) is 0. The predicted molar refractivity (Wildman–Crippen MR) is 33.5 cm³/mol. The van der Waals surface area contributed by atoms with Gasteiger partial charge in [-0.25, -0.2) is 0 Å². The van der Waals surface area contributed by atoms with Gasteiger partial charge in [-0.3, -0.25) is 0 Å². The maximum atomic E-state index is 12.6. The van der Waals surface area contributed by atoms with Crippen molar-refractivity contribution in [2.75, 3.05) is 0 Å². The molecule has 0 aliphatic carbocycles. The normalized spacial score (nSPS) is 47.5. The zero-order valence-electron chi connectivity index (χ0n) is 6.32. The Balaban J connectivity index is 2.80. The molecule has 1 rings (SSSR count). The third-order valence-corrected chi connectivity index (χ3v) is 1.87. The van der Waals surface area contributed by atoms with E-state index in [4.69, 9.17) is 15.3 Å². The molecule has 3 N–H and O–H groups in total. The van der Waals surface area contributed by atoms with Crippen molar-refractivity contribution in [3.05, 3.63) is 0 Å². The Bertz CT molecular complexity index is 175. The zero-order valence-corrected chi connectivity index (χ0v) is 6.32. The Labute approximate surface area is 67.4 Å². The fourth-order valence-corrected chi connectivity index (χ4v) is 1.00. The summed E-state index contributed by atoms with van der Waals surface area (Å²) in [5.41, 5.74) is 0. The van der Waals surface area contributed by atoms with E-state index in [1.54, 1.807) is 0 Å². The number of halogens is 2. The average molecular weight is 184 g/mol. The minimum absolute atomic E-state index is 1.00. The van der Waals surface area contributed by atoms with Crippen molar-refractivity contribution in [3.8, 4) is 0 Å². The molecular weight excluding hydrogens is 174 g/mol. The molecule has 0 radical (unpaired) electrons. The highest BCUT2D eigenvalue weighted by molar-refractivity contribution is 4.92. The zero-order chi connectivity index (χ0) is 9.52. The summed E-state index contributed by atoms with van der Waals surface area (Å²) >= 11 is 0. The number of hydrogen-bond acceptors (Lipinski definition) is 4. The first-order chi connectivity index (χ1) is 5.37. The van der Waals surface area contributed by atoms with Gasteiger partial charge in [0.15, 0.2) is 6.10 Å². The lowest BCUT2D eigenvalue weighted by molar-refractivity contribution is -0.339. The molecule has 1 aliphatic rings. The second-order valence-electron chi connectivity index (χ2n) is 2.80. The Morgan fingerprint density at radius 2 is 1.75 bits per heavy atom. The Morgan fingerprint density at radius 1 is 1.25 bits per heavy atom. The maximum absolute atomic E-state index is 12.6. The monoisotopic (exact) mass is 184 g/mol. The van der Waals surface area contributed by atoms with Crippen molar-refractivity contribution < 1.29 is 28.8 Å².